The normalized spacial score (nSPS) is 10.9. The van der Waals surface area contributed by atoms with Gasteiger partial charge in [0.15, 0.2) is 5.78 Å². The molecule has 0 atom stereocenters. The largest absolute Gasteiger partial charge is 0.294 e. The Hall–Kier alpha value is -1.45. The molecule has 0 aliphatic carbocycles. The molecule has 1 aromatic rings. The summed E-state index contributed by atoms with van der Waals surface area (Å²) in [7, 11) is 1.78. The van der Waals surface area contributed by atoms with Crippen molar-refractivity contribution in [3.8, 4) is 0 Å². The van der Waals surface area contributed by atoms with Crippen molar-refractivity contribution in [2.24, 2.45) is 7.05 Å². The van der Waals surface area contributed by atoms with Crippen LogP contribution in [0.5, 0.6) is 0 Å². The Morgan fingerprint density at radius 1 is 1.69 bits per heavy atom. The quantitative estimate of drug-likeness (QED) is 0.645. The van der Waals surface area contributed by atoms with Gasteiger partial charge in [0.25, 0.3) is 0 Å². The number of carbonyl (C=O) groups excluding carboxylic acids is 1. The van der Waals surface area contributed by atoms with Crippen LogP contribution in [-0.4, -0.2) is 20.8 Å². The van der Waals surface area contributed by atoms with Gasteiger partial charge in [-0.05, 0) is 12.5 Å². The third kappa shape index (κ3) is 3.19. The van der Waals surface area contributed by atoms with E-state index < -0.39 is 0 Å². The van der Waals surface area contributed by atoms with Gasteiger partial charge in [0.1, 0.15) is 0 Å². The van der Waals surface area contributed by atoms with Gasteiger partial charge in [0.2, 0.25) is 0 Å². The van der Waals surface area contributed by atoms with Crippen LogP contribution in [0.25, 0.3) is 0 Å². The molecule has 1 heterocycles. The van der Waals surface area contributed by atoms with E-state index in [2.05, 4.69) is 10.3 Å². The van der Waals surface area contributed by atoms with E-state index in [0.29, 0.717) is 12.1 Å². The van der Waals surface area contributed by atoms with E-state index >= 15 is 0 Å². The molecule has 13 heavy (non-hydrogen) atoms. The summed E-state index contributed by atoms with van der Waals surface area (Å²) in [4.78, 5) is 11.2. The van der Waals surface area contributed by atoms with Gasteiger partial charge in [0, 0.05) is 13.2 Å². The zero-order valence-electron chi connectivity index (χ0n) is 7.90. The molecule has 4 nitrogen and oxygen atoms in total. The van der Waals surface area contributed by atoms with Crippen molar-refractivity contribution in [3.63, 3.8) is 0 Å². The van der Waals surface area contributed by atoms with Crippen LogP contribution in [0.4, 0.5) is 0 Å². The van der Waals surface area contributed by atoms with E-state index in [4.69, 9.17) is 0 Å². The van der Waals surface area contributed by atoms with E-state index in [1.54, 1.807) is 24.0 Å². The number of hydrogen-bond donors (Lipinski definition) is 0. The summed E-state index contributed by atoms with van der Waals surface area (Å²) < 4.78 is 1.59. The standard InChI is InChI=1S/C9H13N3O/c1-3-4-5-9(13)6-8-7-12(2)11-10-8/h4-5,7H,3,6H2,1-2H3/b5-4+. The lowest BCUT2D eigenvalue weighted by Crippen LogP contribution is -1.98. The summed E-state index contributed by atoms with van der Waals surface area (Å²) in [6.07, 6.45) is 6.40. The van der Waals surface area contributed by atoms with Gasteiger partial charge in [-0.2, -0.15) is 0 Å². The molecule has 0 bridgehead atoms. The molecular weight excluding hydrogens is 166 g/mol. The second kappa shape index (κ2) is 4.54. The Labute approximate surface area is 77.3 Å². The van der Waals surface area contributed by atoms with Crippen LogP contribution in [-0.2, 0) is 18.3 Å². The highest BCUT2D eigenvalue weighted by molar-refractivity contribution is 5.90. The minimum Gasteiger partial charge on any atom is -0.294 e. The van der Waals surface area contributed by atoms with Crippen LogP contribution in [0, 0.1) is 0 Å². The highest BCUT2D eigenvalue weighted by Crippen LogP contribution is 1.95. The van der Waals surface area contributed by atoms with Gasteiger partial charge in [0.05, 0.1) is 12.1 Å². The zero-order valence-corrected chi connectivity index (χ0v) is 7.90. The molecule has 1 rings (SSSR count). The highest BCUT2D eigenvalue weighted by atomic mass is 16.1. The maximum absolute atomic E-state index is 11.2. The van der Waals surface area contributed by atoms with Gasteiger partial charge in [-0.25, -0.2) is 0 Å². The first-order valence-electron chi connectivity index (χ1n) is 4.27. The molecule has 0 N–H and O–H groups in total. The average molecular weight is 179 g/mol. The highest BCUT2D eigenvalue weighted by Gasteiger charge is 2.02. The van der Waals surface area contributed by atoms with Crippen LogP contribution in [0.2, 0.25) is 0 Å². The molecule has 70 valence electrons. The van der Waals surface area contributed by atoms with Crippen molar-refractivity contribution in [3.05, 3.63) is 24.0 Å². The molecule has 0 saturated heterocycles. The molecule has 0 saturated carbocycles. The SMILES string of the molecule is CC/C=C/C(=O)Cc1cn(C)nn1. The van der Waals surface area contributed by atoms with Crippen molar-refractivity contribution in [1.29, 1.82) is 0 Å². The van der Waals surface area contributed by atoms with Gasteiger partial charge in [-0.3, -0.25) is 9.48 Å². The number of carbonyl (C=O) groups is 1. The van der Waals surface area contributed by atoms with Crippen molar-refractivity contribution < 1.29 is 4.79 Å². The lowest BCUT2D eigenvalue weighted by Gasteiger charge is -1.88. The second-order valence-corrected chi connectivity index (χ2v) is 2.84. The lowest BCUT2D eigenvalue weighted by molar-refractivity contribution is -0.114. The third-order valence-electron chi connectivity index (χ3n) is 1.54. The van der Waals surface area contributed by atoms with Crippen molar-refractivity contribution in [2.75, 3.05) is 0 Å². The first-order chi connectivity index (χ1) is 6.22. The molecule has 4 heteroatoms. The molecule has 0 fully saturated rings. The molecule has 1 aromatic heterocycles. The van der Waals surface area contributed by atoms with E-state index in [1.807, 2.05) is 13.0 Å². The van der Waals surface area contributed by atoms with E-state index in [9.17, 15) is 4.79 Å². The predicted molar refractivity (Wildman–Crippen MR) is 49.1 cm³/mol. The maximum atomic E-state index is 11.2. The first-order valence-corrected chi connectivity index (χ1v) is 4.27. The number of allylic oxidation sites excluding steroid dienone is 2. The van der Waals surface area contributed by atoms with Crippen molar-refractivity contribution >= 4 is 5.78 Å². The summed E-state index contributed by atoms with van der Waals surface area (Å²) >= 11 is 0. The van der Waals surface area contributed by atoms with E-state index in [0.717, 1.165) is 6.42 Å². The Morgan fingerprint density at radius 3 is 3.00 bits per heavy atom. The fourth-order valence-corrected chi connectivity index (χ4v) is 0.963. The summed E-state index contributed by atoms with van der Waals surface area (Å²) in [6.45, 7) is 1.99. The first kappa shape index (κ1) is 9.64. The molecule has 0 aromatic carbocycles. The fraction of sp³-hybridized carbons (Fsp3) is 0.444. The zero-order chi connectivity index (χ0) is 9.68. The summed E-state index contributed by atoms with van der Waals surface area (Å²) in [6, 6.07) is 0. The smallest absolute Gasteiger partial charge is 0.161 e. The van der Waals surface area contributed by atoms with Crippen LogP contribution >= 0.6 is 0 Å². The van der Waals surface area contributed by atoms with E-state index in [1.165, 1.54) is 0 Å². The van der Waals surface area contributed by atoms with Crippen molar-refractivity contribution in [1.82, 2.24) is 15.0 Å². The average Bonchev–Trinajstić information content (AvgIpc) is 2.48. The minimum absolute atomic E-state index is 0.0716. The monoisotopic (exact) mass is 179 g/mol. The Bertz CT molecular complexity index is 314. The number of rotatable bonds is 4. The van der Waals surface area contributed by atoms with Gasteiger partial charge in [-0.1, -0.05) is 18.2 Å². The molecule has 0 radical (unpaired) electrons. The Morgan fingerprint density at radius 2 is 2.46 bits per heavy atom. The Kier molecular flexibility index (Phi) is 3.37. The maximum Gasteiger partial charge on any atom is 0.161 e. The van der Waals surface area contributed by atoms with Crippen LogP contribution in [0.3, 0.4) is 0 Å². The van der Waals surface area contributed by atoms with Crippen molar-refractivity contribution in [2.45, 2.75) is 19.8 Å². The lowest BCUT2D eigenvalue weighted by atomic mass is 10.2. The Balaban J connectivity index is 2.50. The molecular formula is C9H13N3O. The molecule has 0 aliphatic heterocycles. The number of hydrogen-bond acceptors (Lipinski definition) is 3. The number of aryl methyl sites for hydroxylation is 1. The van der Waals surface area contributed by atoms with E-state index in [-0.39, 0.29) is 5.78 Å². The fourth-order valence-electron chi connectivity index (χ4n) is 0.963. The minimum atomic E-state index is 0.0716. The predicted octanol–water partition coefficient (Wildman–Crippen LogP) is 0.893. The van der Waals surface area contributed by atoms with Crippen LogP contribution < -0.4 is 0 Å². The molecule has 0 aliphatic rings. The van der Waals surface area contributed by atoms with Crippen LogP contribution in [0.15, 0.2) is 18.3 Å². The number of aromatic nitrogens is 3. The number of nitrogens with zero attached hydrogens (tertiary/aromatic N) is 3. The molecule has 0 amide bonds. The summed E-state index contributed by atoms with van der Waals surface area (Å²) in [5.41, 5.74) is 0.716. The van der Waals surface area contributed by atoms with Gasteiger partial charge in [-0.15, -0.1) is 5.10 Å². The molecule has 0 unspecified atom stereocenters. The number of ketones is 1. The van der Waals surface area contributed by atoms with Gasteiger partial charge < -0.3 is 0 Å². The van der Waals surface area contributed by atoms with Gasteiger partial charge >= 0.3 is 0 Å². The summed E-state index contributed by atoms with van der Waals surface area (Å²) in [5, 5.41) is 7.56. The second-order valence-electron chi connectivity index (χ2n) is 2.84. The summed E-state index contributed by atoms with van der Waals surface area (Å²) in [5.74, 6) is 0.0716. The third-order valence-corrected chi connectivity index (χ3v) is 1.54. The van der Waals surface area contributed by atoms with Crippen LogP contribution in [0.1, 0.15) is 19.0 Å². The molecule has 0 spiro atoms. The topological polar surface area (TPSA) is 47.8 Å².